The van der Waals surface area contributed by atoms with E-state index in [1.165, 1.54) is 17.3 Å². The molecule has 2 N–H and O–H groups in total. The van der Waals surface area contributed by atoms with E-state index in [-0.39, 0.29) is 36.8 Å². The zero-order valence-electron chi connectivity index (χ0n) is 17.0. The van der Waals surface area contributed by atoms with Gasteiger partial charge in [-0.2, -0.15) is 0 Å². The molecule has 1 atom stereocenters. The number of thioether (sulfide) groups is 1. The maximum Gasteiger partial charge on any atom is 0.258 e. The predicted octanol–water partition coefficient (Wildman–Crippen LogP) is 4.35. The molecular formula is C23H26Cl2N4OS. The van der Waals surface area contributed by atoms with Gasteiger partial charge in [-0.3, -0.25) is 9.20 Å². The minimum absolute atomic E-state index is 0. The van der Waals surface area contributed by atoms with Gasteiger partial charge < -0.3 is 10.6 Å². The number of carbonyl (C=O) groups is 1. The topological polar surface area (TPSA) is 58.4 Å². The summed E-state index contributed by atoms with van der Waals surface area (Å²) in [7, 11) is 0. The quantitative estimate of drug-likeness (QED) is 0.574. The molecule has 1 aromatic carbocycles. The summed E-state index contributed by atoms with van der Waals surface area (Å²) in [4.78, 5) is 18.4. The fourth-order valence-corrected chi connectivity index (χ4v) is 5.28. The lowest BCUT2D eigenvalue weighted by atomic mass is 9.86. The Hall–Kier alpha value is -1.99. The lowest BCUT2D eigenvalue weighted by Crippen LogP contribution is -2.45. The first-order valence-electron chi connectivity index (χ1n) is 10.2. The van der Waals surface area contributed by atoms with Gasteiger partial charge in [-0.05, 0) is 62.0 Å². The van der Waals surface area contributed by atoms with Crippen LogP contribution >= 0.6 is 36.6 Å². The van der Waals surface area contributed by atoms with Crippen LogP contribution in [0.15, 0.2) is 64.7 Å². The Morgan fingerprint density at radius 3 is 2.68 bits per heavy atom. The molecule has 1 fully saturated rings. The number of hydrogen-bond acceptors (Lipinski definition) is 4. The second-order valence-electron chi connectivity index (χ2n) is 7.71. The number of pyridine rings is 1. The molecule has 5 nitrogen and oxygen atoms in total. The zero-order valence-corrected chi connectivity index (χ0v) is 19.4. The van der Waals surface area contributed by atoms with Gasteiger partial charge in [0.25, 0.3) is 5.91 Å². The molecule has 0 saturated carbocycles. The summed E-state index contributed by atoms with van der Waals surface area (Å²) in [6.07, 6.45) is 6.84. The normalized spacial score (nSPS) is 16.6. The molecule has 2 aromatic heterocycles. The number of aromatic nitrogens is 2. The van der Waals surface area contributed by atoms with E-state index in [4.69, 9.17) is 0 Å². The number of piperidine rings is 1. The highest BCUT2D eigenvalue weighted by Gasteiger charge is 2.28. The second-order valence-corrected chi connectivity index (χ2v) is 8.77. The molecule has 1 amide bonds. The molecule has 0 radical (unpaired) electrons. The molecule has 2 aliphatic heterocycles. The van der Waals surface area contributed by atoms with Crippen molar-refractivity contribution in [1.29, 1.82) is 0 Å². The molecular weight excluding hydrogens is 451 g/mol. The SMILES string of the molecule is Cl.Cl.O=C(NC(Cc1ccccc1)C1CCNCC1)C1=Cc2cnc3cccc(n23)S1. The average molecular weight is 477 g/mol. The van der Waals surface area contributed by atoms with Crippen molar-refractivity contribution in [1.82, 2.24) is 20.0 Å². The van der Waals surface area contributed by atoms with Crippen molar-refractivity contribution in [2.45, 2.75) is 30.3 Å². The molecule has 3 aromatic rings. The van der Waals surface area contributed by atoms with E-state index in [0.717, 1.165) is 53.6 Å². The third kappa shape index (κ3) is 5.09. The standard InChI is InChI=1S/C23H24N4OS.2ClH/c28-23(20-14-18-15-25-21-7-4-8-22(29-20)27(18)21)26-19(17-9-11-24-12-10-17)13-16-5-2-1-3-6-16;;/h1-8,14-15,17,19,24H,9-13H2,(H,26,28);2*1H. The first-order chi connectivity index (χ1) is 14.3. The summed E-state index contributed by atoms with van der Waals surface area (Å²) < 4.78 is 2.09. The Kier molecular flexibility index (Phi) is 8.06. The van der Waals surface area contributed by atoms with Gasteiger partial charge in [-0.25, -0.2) is 4.98 Å². The van der Waals surface area contributed by atoms with Gasteiger partial charge in [0.1, 0.15) is 5.65 Å². The van der Waals surface area contributed by atoms with E-state index in [1.807, 2.05) is 36.5 Å². The summed E-state index contributed by atoms with van der Waals surface area (Å²) in [6, 6.07) is 16.6. The third-order valence-corrected chi connectivity index (χ3v) is 6.86. The molecule has 5 rings (SSSR count). The molecule has 8 heteroatoms. The van der Waals surface area contributed by atoms with Crippen molar-refractivity contribution in [3.63, 3.8) is 0 Å². The number of rotatable bonds is 5. The van der Waals surface area contributed by atoms with Gasteiger partial charge in [-0.15, -0.1) is 24.8 Å². The molecule has 1 saturated heterocycles. The summed E-state index contributed by atoms with van der Waals surface area (Å²) >= 11 is 1.52. The van der Waals surface area contributed by atoms with Crippen LogP contribution in [0, 0.1) is 5.92 Å². The summed E-state index contributed by atoms with van der Waals surface area (Å²) in [5, 5.41) is 7.84. The molecule has 4 heterocycles. The fraction of sp³-hybridized carbons (Fsp3) is 0.304. The van der Waals surface area contributed by atoms with Gasteiger partial charge in [0.15, 0.2) is 0 Å². The van der Waals surface area contributed by atoms with Gasteiger partial charge >= 0.3 is 0 Å². The Balaban J connectivity index is 0.00000136. The van der Waals surface area contributed by atoms with Crippen LogP contribution in [0.2, 0.25) is 0 Å². The van der Waals surface area contributed by atoms with E-state index >= 15 is 0 Å². The minimum Gasteiger partial charge on any atom is -0.348 e. The number of benzene rings is 1. The highest BCUT2D eigenvalue weighted by molar-refractivity contribution is 8.04. The molecule has 31 heavy (non-hydrogen) atoms. The van der Waals surface area contributed by atoms with E-state index in [1.54, 1.807) is 0 Å². The van der Waals surface area contributed by atoms with Crippen molar-refractivity contribution in [3.05, 3.63) is 70.9 Å². The minimum atomic E-state index is 0. The van der Waals surface area contributed by atoms with Gasteiger partial charge in [0.2, 0.25) is 0 Å². The second kappa shape index (κ2) is 10.6. The van der Waals surface area contributed by atoms with Crippen LogP contribution in [-0.4, -0.2) is 34.4 Å². The van der Waals surface area contributed by atoms with Crippen LogP contribution in [0.4, 0.5) is 0 Å². The largest absolute Gasteiger partial charge is 0.348 e. The van der Waals surface area contributed by atoms with Crippen LogP contribution in [0.3, 0.4) is 0 Å². The predicted molar refractivity (Wildman–Crippen MR) is 131 cm³/mol. The number of hydrogen-bond donors (Lipinski definition) is 2. The van der Waals surface area contributed by atoms with Gasteiger partial charge in [-0.1, -0.05) is 48.2 Å². The number of carbonyl (C=O) groups excluding carboxylic acids is 1. The fourth-order valence-electron chi connectivity index (χ4n) is 4.29. The Morgan fingerprint density at radius 2 is 1.90 bits per heavy atom. The van der Waals surface area contributed by atoms with Crippen molar-refractivity contribution in [3.8, 4) is 0 Å². The van der Waals surface area contributed by atoms with Gasteiger partial charge in [0.05, 0.1) is 21.8 Å². The third-order valence-electron chi connectivity index (χ3n) is 5.81. The average Bonchev–Trinajstić information content (AvgIpc) is 3.19. The lowest BCUT2D eigenvalue weighted by molar-refractivity contribution is -0.117. The van der Waals surface area contributed by atoms with Crippen LogP contribution in [0.1, 0.15) is 24.1 Å². The number of amides is 1. The number of imidazole rings is 1. The Morgan fingerprint density at radius 1 is 1.13 bits per heavy atom. The van der Waals surface area contributed by atoms with Crippen LogP contribution in [0.25, 0.3) is 11.7 Å². The monoisotopic (exact) mass is 476 g/mol. The molecule has 164 valence electrons. The van der Waals surface area contributed by atoms with Crippen molar-refractivity contribution in [2.75, 3.05) is 13.1 Å². The molecule has 2 aliphatic rings. The summed E-state index contributed by atoms with van der Waals surface area (Å²) in [6.45, 7) is 2.04. The molecule has 0 aliphatic carbocycles. The highest BCUT2D eigenvalue weighted by atomic mass is 35.5. The first kappa shape index (κ1) is 23.7. The molecule has 1 unspecified atom stereocenters. The Labute approximate surface area is 198 Å². The molecule has 0 bridgehead atoms. The summed E-state index contributed by atoms with van der Waals surface area (Å²) in [5.41, 5.74) is 3.14. The van der Waals surface area contributed by atoms with Crippen LogP contribution < -0.4 is 10.6 Å². The number of nitrogens with zero attached hydrogens (tertiary/aromatic N) is 2. The van der Waals surface area contributed by atoms with Gasteiger partial charge in [0, 0.05) is 6.04 Å². The highest BCUT2D eigenvalue weighted by Crippen LogP contribution is 2.34. The Bertz CT molecular complexity index is 1060. The molecule has 0 spiro atoms. The van der Waals surface area contributed by atoms with E-state index in [2.05, 4.69) is 44.3 Å². The van der Waals surface area contributed by atoms with Crippen molar-refractivity contribution < 1.29 is 4.79 Å². The van der Waals surface area contributed by atoms with Crippen LogP contribution in [-0.2, 0) is 11.2 Å². The zero-order chi connectivity index (χ0) is 19.6. The van der Waals surface area contributed by atoms with Crippen molar-refractivity contribution >= 4 is 54.2 Å². The number of nitrogens with one attached hydrogen (secondary N) is 2. The van der Waals surface area contributed by atoms with E-state index in [0.29, 0.717) is 5.92 Å². The lowest BCUT2D eigenvalue weighted by Gasteiger charge is -2.32. The smallest absolute Gasteiger partial charge is 0.258 e. The number of halogens is 2. The van der Waals surface area contributed by atoms with Crippen molar-refractivity contribution in [2.24, 2.45) is 5.92 Å². The maximum atomic E-state index is 13.2. The van der Waals surface area contributed by atoms with Crippen LogP contribution in [0.5, 0.6) is 0 Å². The maximum absolute atomic E-state index is 13.2. The van der Waals surface area contributed by atoms with E-state index in [9.17, 15) is 4.79 Å². The summed E-state index contributed by atoms with van der Waals surface area (Å²) in [5.74, 6) is 0.502. The first-order valence-corrected chi connectivity index (χ1v) is 11.0. The van der Waals surface area contributed by atoms with E-state index < -0.39 is 0 Å².